The first kappa shape index (κ1) is 20.6. The van der Waals surface area contributed by atoms with Crippen LogP contribution in [0.25, 0.3) is 0 Å². The van der Waals surface area contributed by atoms with E-state index in [0.29, 0.717) is 12.5 Å². The molecule has 0 aromatic heterocycles. The molecule has 2 nitrogen and oxygen atoms in total. The van der Waals surface area contributed by atoms with Crippen LogP contribution in [0.15, 0.2) is 36.4 Å². The lowest BCUT2D eigenvalue weighted by molar-refractivity contribution is 0.269. The Kier molecular flexibility index (Phi) is 7.30. The van der Waals surface area contributed by atoms with E-state index in [2.05, 4.69) is 19.1 Å². The molecule has 0 amide bonds. The van der Waals surface area contributed by atoms with Crippen LogP contribution >= 0.6 is 0 Å². The van der Waals surface area contributed by atoms with E-state index in [9.17, 15) is 8.78 Å². The normalized spacial score (nSPS) is 19.4. The molecule has 152 valence electrons. The summed E-state index contributed by atoms with van der Waals surface area (Å²) in [7, 11) is 0. The summed E-state index contributed by atoms with van der Waals surface area (Å²) in [6.07, 6.45) is 7.15. The van der Waals surface area contributed by atoms with E-state index in [0.717, 1.165) is 17.9 Å². The molecule has 3 rings (SSSR count). The average molecular weight is 388 g/mol. The molecule has 1 fully saturated rings. The van der Waals surface area contributed by atoms with Crippen LogP contribution in [-0.2, 0) is 6.61 Å². The number of benzene rings is 2. The summed E-state index contributed by atoms with van der Waals surface area (Å²) in [4.78, 5) is 0. The zero-order valence-electron chi connectivity index (χ0n) is 16.8. The first-order valence-corrected chi connectivity index (χ1v) is 10.4. The van der Waals surface area contributed by atoms with E-state index in [-0.39, 0.29) is 18.1 Å². The van der Waals surface area contributed by atoms with Crippen molar-refractivity contribution in [1.82, 2.24) is 0 Å². The van der Waals surface area contributed by atoms with Crippen LogP contribution < -0.4 is 9.47 Å². The summed E-state index contributed by atoms with van der Waals surface area (Å²) >= 11 is 0. The number of hydrogen-bond donors (Lipinski definition) is 0. The lowest BCUT2D eigenvalue weighted by Gasteiger charge is -2.28. The molecule has 0 atom stereocenters. The lowest BCUT2D eigenvalue weighted by Crippen LogP contribution is -2.12. The molecular weight excluding hydrogens is 358 g/mol. The smallest absolute Gasteiger partial charge is 0.204 e. The summed E-state index contributed by atoms with van der Waals surface area (Å²) in [6.45, 7) is 4.74. The van der Waals surface area contributed by atoms with E-state index in [1.807, 2.05) is 19.1 Å². The summed E-state index contributed by atoms with van der Waals surface area (Å²) < 4.78 is 38.9. The second-order valence-electron chi connectivity index (χ2n) is 7.69. The second kappa shape index (κ2) is 9.90. The van der Waals surface area contributed by atoms with Crippen LogP contribution in [0.1, 0.15) is 69.4 Å². The van der Waals surface area contributed by atoms with Crippen molar-refractivity contribution in [2.24, 2.45) is 5.92 Å². The highest BCUT2D eigenvalue weighted by Gasteiger charge is 2.21. The zero-order valence-corrected chi connectivity index (χ0v) is 16.8. The minimum atomic E-state index is -1.00. The van der Waals surface area contributed by atoms with Gasteiger partial charge in [-0.2, -0.15) is 8.78 Å². The minimum Gasteiger partial charge on any atom is -0.490 e. The van der Waals surface area contributed by atoms with E-state index < -0.39 is 11.6 Å². The van der Waals surface area contributed by atoms with Crippen LogP contribution in [-0.4, -0.2) is 6.61 Å². The Labute approximate surface area is 166 Å². The van der Waals surface area contributed by atoms with Crippen LogP contribution in [0.4, 0.5) is 8.78 Å². The molecule has 1 aliphatic carbocycles. The van der Waals surface area contributed by atoms with Gasteiger partial charge in [-0.1, -0.05) is 44.5 Å². The SMILES string of the molecule is CCCOc1ccc(OCc2ccc(C3CCC(CC)CC3)cc2)c(F)c1F. The van der Waals surface area contributed by atoms with Crippen molar-refractivity contribution in [2.75, 3.05) is 6.61 Å². The molecule has 28 heavy (non-hydrogen) atoms. The Hall–Kier alpha value is -2.10. The molecule has 0 radical (unpaired) electrons. The van der Waals surface area contributed by atoms with Gasteiger partial charge in [0.05, 0.1) is 6.61 Å². The van der Waals surface area contributed by atoms with Gasteiger partial charge < -0.3 is 9.47 Å². The number of hydrogen-bond acceptors (Lipinski definition) is 2. The predicted molar refractivity (Wildman–Crippen MR) is 108 cm³/mol. The first-order chi connectivity index (χ1) is 13.6. The topological polar surface area (TPSA) is 18.5 Å². The van der Waals surface area contributed by atoms with Crippen molar-refractivity contribution in [3.63, 3.8) is 0 Å². The number of rotatable bonds is 8. The minimum absolute atomic E-state index is 0.0751. The van der Waals surface area contributed by atoms with Crippen molar-refractivity contribution in [3.05, 3.63) is 59.2 Å². The van der Waals surface area contributed by atoms with Crippen molar-refractivity contribution in [1.29, 1.82) is 0 Å². The monoisotopic (exact) mass is 388 g/mol. The number of ether oxygens (including phenoxy) is 2. The van der Waals surface area contributed by atoms with Gasteiger partial charge in [-0.15, -0.1) is 0 Å². The van der Waals surface area contributed by atoms with Gasteiger partial charge >= 0.3 is 0 Å². The third kappa shape index (κ3) is 5.03. The largest absolute Gasteiger partial charge is 0.490 e. The van der Waals surface area contributed by atoms with Crippen LogP contribution in [0, 0.1) is 17.6 Å². The van der Waals surface area contributed by atoms with Gasteiger partial charge in [-0.3, -0.25) is 0 Å². The van der Waals surface area contributed by atoms with Gasteiger partial charge in [0, 0.05) is 0 Å². The van der Waals surface area contributed by atoms with Gasteiger partial charge in [0.1, 0.15) is 6.61 Å². The third-order valence-electron chi connectivity index (χ3n) is 5.74. The summed E-state index contributed by atoms with van der Waals surface area (Å²) in [5.41, 5.74) is 2.31. The van der Waals surface area contributed by atoms with E-state index in [1.165, 1.54) is 49.8 Å². The maximum atomic E-state index is 14.2. The predicted octanol–water partition coefficient (Wildman–Crippen LogP) is 7.02. The van der Waals surface area contributed by atoms with Crippen molar-refractivity contribution in [3.8, 4) is 11.5 Å². The molecule has 1 aliphatic rings. The molecule has 0 unspecified atom stereocenters. The summed E-state index contributed by atoms with van der Waals surface area (Å²) in [6, 6.07) is 11.2. The van der Waals surface area contributed by atoms with Gasteiger partial charge in [0.15, 0.2) is 11.5 Å². The first-order valence-electron chi connectivity index (χ1n) is 10.4. The zero-order chi connectivity index (χ0) is 19.9. The highest BCUT2D eigenvalue weighted by molar-refractivity contribution is 5.35. The molecule has 4 heteroatoms. The van der Waals surface area contributed by atoms with Crippen molar-refractivity contribution >= 4 is 0 Å². The summed E-state index contributed by atoms with van der Waals surface area (Å²) in [5.74, 6) is -0.642. The maximum Gasteiger partial charge on any atom is 0.204 e. The van der Waals surface area contributed by atoms with E-state index >= 15 is 0 Å². The fourth-order valence-corrected chi connectivity index (χ4v) is 3.90. The Morgan fingerprint density at radius 2 is 1.43 bits per heavy atom. The summed E-state index contributed by atoms with van der Waals surface area (Å²) in [5, 5.41) is 0. The highest BCUT2D eigenvalue weighted by Crippen LogP contribution is 2.37. The average Bonchev–Trinajstić information content (AvgIpc) is 2.74. The van der Waals surface area contributed by atoms with Crippen LogP contribution in [0.3, 0.4) is 0 Å². The van der Waals surface area contributed by atoms with Crippen LogP contribution in [0.2, 0.25) is 0 Å². The molecule has 2 aromatic carbocycles. The standard InChI is InChI=1S/C24H30F2O2/c1-3-15-27-21-13-14-22(24(26)23(21)25)28-16-18-7-11-20(12-8-18)19-9-5-17(4-2)6-10-19/h7-8,11-14,17,19H,3-6,9-10,15-16H2,1-2H3. The lowest BCUT2D eigenvalue weighted by atomic mass is 9.78. The highest BCUT2D eigenvalue weighted by atomic mass is 19.2. The van der Waals surface area contributed by atoms with E-state index in [4.69, 9.17) is 9.47 Å². The fourth-order valence-electron chi connectivity index (χ4n) is 3.90. The van der Waals surface area contributed by atoms with Gasteiger partial charge in [0.25, 0.3) is 0 Å². The molecule has 0 N–H and O–H groups in total. The van der Waals surface area contributed by atoms with Gasteiger partial charge in [-0.25, -0.2) is 0 Å². The van der Waals surface area contributed by atoms with Gasteiger partial charge in [-0.05, 0) is 67.2 Å². The van der Waals surface area contributed by atoms with E-state index in [1.54, 1.807) is 0 Å². The molecule has 0 aliphatic heterocycles. The molecule has 0 saturated heterocycles. The van der Waals surface area contributed by atoms with Crippen molar-refractivity contribution in [2.45, 2.75) is 64.9 Å². The molecule has 0 spiro atoms. The maximum absolute atomic E-state index is 14.2. The molecular formula is C24H30F2O2. The molecule has 0 bridgehead atoms. The fraction of sp³-hybridized carbons (Fsp3) is 0.500. The third-order valence-corrected chi connectivity index (χ3v) is 5.74. The Morgan fingerprint density at radius 1 is 0.821 bits per heavy atom. The molecule has 2 aromatic rings. The number of halogens is 2. The van der Waals surface area contributed by atoms with Crippen molar-refractivity contribution < 1.29 is 18.3 Å². The Balaban J connectivity index is 1.57. The van der Waals surface area contributed by atoms with Crippen LogP contribution in [0.5, 0.6) is 11.5 Å². The Morgan fingerprint density at radius 3 is 2.00 bits per heavy atom. The molecule has 1 saturated carbocycles. The second-order valence-corrected chi connectivity index (χ2v) is 7.69. The quantitative estimate of drug-likeness (QED) is 0.484. The van der Waals surface area contributed by atoms with Gasteiger partial charge in [0.2, 0.25) is 11.6 Å². The molecule has 0 heterocycles. The Bertz CT molecular complexity index is 750.